The number of amides is 1. The van der Waals surface area contributed by atoms with Gasteiger partial charge in [-0.3, -0.25) is 9.36 Å². The number of rotatable bonds is 9. The van der Waals surface area contributed by atoms with Crippen molar-refractivity contribution in [2.45, 2.75) is 44.2 Å². The Morgan fingerprint density at radius 3 is 2.55 bits per heavy atom. The lowest BCUT2D eigenvalue weighted by Crippen LogP contribution is -2.41. The van der Waals surface area contributed by atoms with Crippen LogP contribution in [-0.2, 0) is 4.79 Å². The summed E-state index contributed by atoms with van der Waals surface area (Å²) in [5.74, 6) is 1.24. The van der Waals surface area contributed by atoms with Crippen LogP contribution in [0, 0.1) is 12.8 Å². The van der Waals surface area contributed by atoms with Crippen molar-refractivity contribution in [3.63, 3.8) is 0 Å². The van der Waals surface area contributed by atoms with Gasteiger partial charge in [0, 0.05) is 25.3 Å². The van der Waals surface area contributed by atoms with Crippen LogP contribution in [-0.4, -0.2) is 70.0 Å². The third-order valence-corrected chi connectivity index (χ3v) is 6.45. The molecule has 1 amide bonds. The van der Waals surface area contributed by atoms with E-state index in [0.29, 0.717) is 11.7 Å². The second-order valence-corrected chi connectivity index (χ2v) is 9.20. The van der Waals surface area contributed by atoms with Gasteiger partial charge in [0.15, 0.2) is 5.16 Å². The molecule has 1 aliphatic carbocycles. The highest BCUT2D eigenvalue weighted by atomic mass is 32.2. The van der Waals surface area contributed by atoms with Gasteiger partial charge in [-0.05, 0) is 51.9 Å². The van der Waals surface area contributed by atoms with E-state index in [4.69, 9.17) is 0 Å². The van der Waals surface area contributed by atoms with Gasteiger partial charge in [0.1, 0.15) is 6.33 Å². The van der Waals surface area contributed by atoms with Crippen molar-refractivity contribution in [3.8, 4) is 5.69 Å². The van der Waals surface area contributed by atoms with Crippen LogP contribution in [0.5, 0.6) is 0 Å². The molecule has 0 radical (unpaired) electrons. The van der Waals surface area contributed by atoms with Crippen molar-refractivity contribution in [2.75, 3.05) is 39.5 Å². The number of nitrogens with zero attached hydrogens (tertiary/aromatic N) is 5. The van der Waals surface area contributed by atoms with Gasteiger partial charge in [0.25, 0.3) is 0 Å². The number of aromatic nitrogens is 3. The SMILES string of the molecule is Cc1ccc(-n2cnnc2SCC(=O)N(CCN(C)C)CC2CCCCC2)cc1. The largest absolute Gasteiger partial charge is 0.340 e. The second kappa shape index (κ2) is 10.8. The minimum absolute atomic E-state index is 0.195. The first-order chi connectivity index (χ1) is 14.0. The second-order valence-electron chi connectivity index (χ2n) is 8.25. The molecule has 1 aliphatic rings. The maximum absolute atomic E-state index is 13.0. The van der Waals surface area contributed by atoms with Crippen molar-refractivity contribution >= 4 is 17.7 Å². The van der Waals surface area contributed by atoms with Crippen LogP contribution < -0.4 is 0 Å². The molecule has 6 nitrogen and oxygen atoms in total. The van der Waals surface area contributed by atoms with Gasteiger partial charge >= 0.3 is 0 Å². The molecule has 2 aromatic rings. The smallest absolute Gasteiger partial charge is 0.233 e. The minimum Gasteiger partial charge on any atom is -0.340 e. The van der Waals surface area contributed by atoms with Gasteiger partial charge in [-0.1, -0.05) is 48.7 Å². The van der Waals surface area contributed by atoms with Crippen molar-refractivity contribution in [1.29, 1.82) is 0 Å². The number of hydrogen-bond acceptors (Lipinski definition) is 5. The van der Waals surface area contributed by atoms with Crippen molar-refractivity contribution in [1.82, 2.24) is 24.6 Å². The van der Waals surface area contributed by atoms with E-state index in [2.05, 4.69) is 65.3 Å². The number of thioether (sulfide) groups is 1. The Balaban J connectivity index is 1.62. The van der Waals surface area contributed by atoms with E-state index in [9.17, 15) is 4.79 Å². The Morgan fingerprint density at radius 2 is 1.86 bits per heavy atom. The van der Waals surface area contributed by atoms with Gasteiger partial charge in [-0.25, -0.2) is 0 Å². The molecular weight excluding hydrogens is 382 g/mol. The molecule has 0 bridgehead atoms. The van der Waals surface area contributed by atoms with Gasteiger partial charge in [-0.2, -0.15) is 0 Å². The normalized spacial score (nSPS) is 15.0. The van der Waals surface area contributed by atoms with Crippen LogP contribution >= 0.6 is 11.8 Å². The quantitative estimate of drug-likeness (QED) is 0.585. The lowest BCUT2D eigenvalue weighted by molar-refractivity contribution is -0.129. The fourth-order valence-corrected chi connectivity index (χ4v) is 4.57. The Kier molecular flexibility index (Phi) is 8.12. The first-order valence-electron chi connectivity index (χ1n) is 10.6. The summed E-state index contributed by atoms with van der Waals surface area (Å²) < 4.78 is 1.95. The number of aryl methyl sites for hydroxylation is 1. The Bertz CT molecular complexity index is 768. The lowest BCUT2D eigenvalue weighted by Gasteiger charge is -2.30. The molecule has 158 valence electrons. The highest BCUT2D eigenvalue weighted by Gasteiger charge is 2.22. The molecule has 3 rings (SSSR count). The first kappa shape index (κ1) is 21.8. The number of likely N-dealkylation sites (N-methyl/N-ethyl adjacent to an activating group) is 1. The Hall–Kier alpha value is -1.86. The maximum atomic E-state index is 13.0. The molecule has 1 aromatic carbocycles. The van der Waals surface area contributed by atoms with Gasteiger partial charge in [0.05, 0.1) is 5.75 Å². The topological polar surface area (TPSA) is 54.3 Å². The molecule has 0 aliphatic heterocycles. The van der Waals surface area contributed by atoms with Crippen LogP contribution in [0.4, 0.5) is 0 Å². The van der Waals surface area contributed by atoms with E-state index in [1.165, 1.54) is 49.4 Å². The van der Waals surface area contributed by atoms with Crippen LogP contribution in [0.25, 0.3) is 5.69 Å². The highest BCUT2D eigenvalue weighted by molar-refractivity contribution is 7.99. The average molecular weight is 416 g/mol. The van der Waals surface area contributed by atoms with Crippen LogP contribution in [0.2, 0.25) is 0 Å². The third-order valence-electron chi connectivity index (χ3n) is 5.53. The number of carbonyl (C=O) groups excluding carboxylic acids is 1. The maximum Gasteiger partial charge on any atom is 0.233 e. The first-order valence-corrected chi connectivity index (χ1v) is 11.5. The van der Waals surface area contributed by atoms with Crippen LogP contribution in [0.3, 0.4) is 0 Å². The minimum atomic E-state index is 0.195. The predicted octanol–water partition coefficient (Wildman–Crippen LogP) is 3.64. The molecular formula is C22H33N5OS. The van der Waals surface area contributed by atoms with E-state index in [1.807, 2.05) is 4.57 Å². The van der Waals surface area contributed by atoms with Gasteiger partial charge < -0.3 is 9.80 Å². The molecule has 1 fully saturated rings. The summed E-state index contributed by atoms with van der Waals surface area (Å²) in [6.07, 6.45) is 8.15. The standard InChI is InChI=1S/C22H33N5OS/c1-18-9-11-20(12-10-18)27-17-23-24-22(27)29-16-21(28)26(14-13-25(2)3)15-19-7-5-4-6-8-19/h9-12,17,19H,4-8,13-16H2,1-3H3. The molecule has 0 unspecified atom stereocenters. The van der Waals surface area contributed by atoms with E-state index in [0.717, 1.165) is 30.5 Å². The van der Waals surface area contributed by atoms with E-state index in [-0.39, 0.29) is 5.91 Å². The van der Waals surface area contributed by atoms with E-state index >= 15 is 0 Å². The molecule has 0 N–H and O–H groups in total. The average Bonchev–Trinajstić information content (AvgIpc) is 3.19. The summed E-state index contributed by atoms with van der Waals surface area (Å²) >= 11 is 1.47. The summed E-state index contributed by atoms with van der Waals surface area (Å²) in [7, 11) is 4.12. The fourth-order valence-electron chi connectivity index (χ4n) is 3.74. The van der Waals surface area contributed by atoms with Crippen molar-refractivity contribution in [2.24, 2.45) is 5.92 Å². The molecule has 1 saturated carbocycles. The monoisotopic (exact) mass is 415 g/mol. The highest BCUT2D eigenvalue weighted by Crippen LogP contribution is 2.25. The van der Waals surface area contributed by atoms with Crippen molar-refractivity contribution < 1.29 is 4.79 Å². The summed E-state index contributed by atoms with van der Waals surface area (Å²) in [5, 5.41) is 9.05. The Morgan fingerprint density at radius 1 is 1.14 bits per heavy atom. The van der Waals surface area contributed by atoms with Crippen molar-refractivity contribution in [3.05, 3.63) is 36.2 Å². The van der Waals surface area contributed by atoms with E-state index < -0.39 is 0 Å². The summed E-state index contributed by atoms with van der Waals surface area (Å²) in [6.45, 7) is 4.63. The molecule has 1 aromatic heterocycles. The van der Waals surface area contributed by atoms with Crippen LogP contribution in [0.1, 0.15) is 37.7 Å². The zero-order valence-electron chi connectivity index (χ0n) is 17.9. The molecule has 29 heavy (non-hydrogen) atoms. The zero-order chi connectivity index (χ0) is 20.6. The Labute approximate surface area is 178 Å². The predicted molar refractivity (Wildman–Crippen MR) is 119 cm³/mol. The number of hydrogen-bond donors (Lipinski definition) is 0. The number of benzene rings is 1. The summed E-state index contributed by atoms with van der Waals surface area (Å²) in [6, 6.07) is 8.25. The third kappa shape index (κ3) is 6.57. The summed E-state index contributed by atoms with van der Waals surface area (Å²) in [4.78, 5) is 17.3. The molecule has 1 heterocycles. The molecule has 0 atom stereocenters. The molecule has 0 saturated heterocycles. The fraction of sp³-hybridized carbons (Fsp3) is 0.591. The van der Waals surface area contributed by atoms with Gasteiger partial charge in [-0.15, -0.1) is 10.2 Å². The zero-order valence-corrected chi connectivity index (χ0v) is 18.7. The van der Waals surface area contributed by atoms with Gasteiger partial charge in [0.2, 0.25) is 5.91 Å². The van der Waals surface area contributed by atoms with E-state index in [1.54, 1.807) is 6.33 Å². The lowest BCUT2D eigenvalue weighted by atomic mass is 9.89. The van der Waals surface area contributed by atoms with Crippen LogP contribution in [0.15, 0.2) is 35.7 Å². The number of carbonyl (C=O) groups is 1. The molecule has 7 heteroatoms. The molecule has 0 spiro atoms. The summed E-state index contributed by atoms with van der Waals surface area (Å²) in [5.41, 5.74) is 2.23.